The van der Waals surface area contributed by atoms with Crippen molar-refractivity contribution in [3.05, 3.63) is 18.1 Å². The summed E-state index contributed by atoms with van der Waals surface area (Å²) in [7, 11) is 0. The van der Waals surface area contributed by atoms with Crippen molar-refractivity contribution in [1.82, 2.24) is 20.2 Å². The minimum Gasteiger partial charge on any atom is -0.450 e. The summed E-state index contributed by atoms with van der Waals surface area (Å²) in [6.45, 7) is 4.69. The van der Waals surface area contributed by atoms with Gasteiger partial charge >= 0.3 is 6.09 Å². The minimum absolute atomic E-state index is 0.168. The van der Waals surface area contributed by atoms with Crippen LogP contribution in [0.4, 0.5) is 10.6 Å². The van der Waals surface area contributed by atoms with Gasteiger partial charge in [0, 0.05) is 32.2 Å². The fraction of sp³-hybridized carbons (Fsp3) is 0.600. The van der Waals surface area contributed by atoms with E-state index in [4.69, 9.17) is 4.74 Å². The molecule has 1 N–H and O–H groups in total. The Bertz CT molecular complexity index is 565. The molecule has 23 heavy (non-hydrogen) atoms. The SMILES string of the molecule is CCOC(=O)N1CCN(c2cnc(C(=O)NC3CC3)cn2)CC1. The van der Waals surface area contributed by atoms with Gasteiger partial charge in [-0.2, -0.15) is 0 Å². The lowest BCUT2D eigenvalue weighted by molar-refractivity contribution is 0.0944. The molecule has 3 rings (SSSR count). The van der Waals surface area contributed by atoms with Crippen molar-refractivity contribution in [3.63, 3.8) is 0 Å². The summed E-state index contributed by atoms with van der Waals surface area (Å²) in [6.07, 6.45) is 4.93. The molecule has 8 nitrogen and oxygen atoms in total. The number of nitrogens with zero attached hydrogens (tertiary/aromatic N) is 4. The average molecular weight is 319 g/mol. The molecule has 0 unspecified atom stereocenters. The molecular weight excluding hydrogens is 298 g/mol. The van der Waals surface area contributed by atoms with Crippen molar-refractivity contribution in [2.75, 3.05) is 37.7 Å². The van der Waals surface area contributed by atoms with Crippen molar-refractivity contribution in [2.45, 2.75) is 25.8 Å². The number of piperazine rings is 1. The Morgan fingerprint density at radius 1 is 1.22 bits per heavy atom. The van der Waals surface area contributed by atoms with Gasteiger partial charge in [-0.1, -0.05) is 0 Å². The number of rotatable bonds is 4. The van der Waals surface area contributed by atoms with E-state index in [2.05, 4.69) is 15.3 Å². The van der Waals surface area contributed by atoms with Crippen LogP contribution in [0.3, 0.4) is 0 Å². The van der Waals surface area contributed by atoms with Crippen molar-refractivity contribution in [2.24, 2.45) is 0 Å². The topological polar surface area (TPSA) is 87.7 Å². The van der Waals surface area contributed by atoms with Crippen LogP contribution in [0.1, 0.15) is 30.3 Å². The molecule has 1 aliphatic carbocycles. The molecule has 0 radical (unpaired) electrons. The Balaban J connectivity index is 1.54. The second-order valence-electron chi connectivity index (χ2n) is 5.68. The zero-order chi connectivity index (χ0) is 16.2. The molecule has 2 amide bonds. The third kappa shape index (κ3) is 3.88. The summed E-state index contributed by atoms with van der Waals surface area (Å²) in [6, 6.07) is 0.305. The standard InChI is InChI=1S/C15H21N5O3/c1-2-23-15(22)20-7-5-19(6-8-20)13-10-16-12(9-17-13)14(21)18-11-3-4-11/h9-11H,2-8H2,1H3,(H,18,21). The van der Waals surface area contributed by atoms with Crippen LogP contribution in [0, 0.1) is 0 Å². The van der Waals surface area contributed by atoms with E-state index >= 15 is 0 Å². The fourth-order valence-corrected chi connectivity index (χ4v) is 2.42. The van der Waals surface area contributed by atoms with Gasteiger partial charge in [-0.15, -0.1) is 0 Å². The van der Waals surface area contributed by atoms with Gasteiger partial charge in [0.1, 0.15) is 11.5 Å². The molecule has 0 bridgehead atoms. The van der Waals surface area contributed by atoms with Crippen LogP contribution in [-0.2, 0) is 4.74 Å². The van der Waals surface area contributed by atoms with Crippen LogP contribution < -0.4 is 10.2 Å². The fourth-order valence-electron chi connectivity index (χ4n) is 2.42. The van der Waals surface area contributed by atoms with E-state index in [1.165, 1.54) is 6.20 Å². The van der Waals surface area contributed by atoms with Crippen LogP contribution in [-0.4, -0.2) is 65.7 Å². The lowest BCUT2D eigenvalue weighted by Gasteiger charge is -2.34. The molecular formula is C15H21N5O3. The molecule has 0 atom stereocenters. The highest BCUT2D eigenvalue weighted by atomic mass is 16.6. The van der Waals surface area contributed by atoms with Crippen molar-refractivity contribution in [1.29, 1.82) is 0 Å². The lowest BCUT2D eigenvalue weighted by Crippen LogP contribution is -2.49. The van der Waals surface area contributed by atoms with Crippen LogP contribution in [0.25, 0.3) is 0 Å². The van der Waals surface area contributed by atoms with Crippen LogP contribution in [0.5, 0.6) is 0 Å². The highest BCUT2D eigenvalue weighted by Gasteiger charge is 2.25. The quantitative estimate of drug-likeness (QED) is 0.876. The van der Waals surface area contributed by atoms with E-state index in [0.717, 1.165) is 18.7 Å². The third-order valence-electron chi connectivity index (χ3n) is 3.91. The summed E-state index contributed by atoms with van der Waals surface area (Å²) in [4.78, 5) is 35.8. The Morgan fingerprint density at radius 3 is 2.52 bits per heavy atom. The molecule has 2 fully saturated rings. The largest absolute Gasteiger partial charge is 0.450 e. The summed E-state index contributed by atoms with van der Waals surface area (Å²) >= 11 is 0. The molecule has 0 spiro atoms. The second kappa shape index (κ2) is 6.80. The molecule has 1 aromatic rings. The van der Waals surface area contributed by atoms with Gasteiger partial charge in [0.15, 0.2) is 0 Å². The Labute approximate surface area is 134 Å². The molecule has 1 saturated heterocycles. The molecule has 1 aliphatic heterocycles. The Morgan fingerprint density at radius 2 is 1.96 bits per heavy atom. The van der Waals surface area contributed by atoms with Gasteiger partial charge in [0.05, 0.1) is 19.0 Å². The highest BCUT2D eigenvalue weighted by molar-refractivity contribution is 5.92. The van der Waals surface area contributed by atoms with E-state index in [-0.39, 0.29) is 12.0 Å². The molecule has 2 heterocycles. The van der Waals surface area contributed by atoms with E-state index in [1.54, 1.807) is 18.0 Å². The number of hydrogen-bond donors (Lipinski definition) is 1. The summed E-state index contributed by atoms with van der Waals surface area (Å²) in [5.41, 5.74) is 0.339. The normalized spacial score (nSPS) is 17.8. The summed E-state index contributed by atoms with van der Waals surface area (Å²) < 4.78 is 5.00. The average Bonchev–Trinajstić information content (AvgIpc) is 3.39. The minimum atomic E-state index is -0.273. The second-order valence-corrected chi connectivity index (χ2v) is 5.68. The number of hydrogen-bond acceptors (Lipinski definition) is 6. The molecule has 1 aromatic heterocycles. The van der Waals surface area contributed by atoms with Crippen LogP contribution in [0.15, 0.2) is 12.4 Å². The molecule has 1 saturated carbocycles. The van der Waals surface area contributed by atoms with Crippen LogP contribution >= 0.6 is 0 Å². The van der Waals surface area contributed by atoms with E-state index in [9.17, 15) is 9.59 Å². The molecule has 124 valence electrons. The lowest BCUT2D eigenvalue weighted by atomic mass is 10.3. The number of amides is 2. The number of aromatic nitrogens is 2. The number of carbonyl (C=O) groups excluding carboxylic acids is 2. The van der Waals surface area contributed by atoms with Crippen molar-refractivity contribution >= 4 is 17.8 Å². The number of anilines is 1. The maximum atomic E-state index is 11.9. The van der Waals surface area contributed by atoms with Crippen molar-refractivity contribution in [3.8, 4) is 0 Å². The first-order valence-corrected chi connectivity index (χ1v) is 7.97. The van der Waals surface area contributed by atoms with E-state index in [1.807, 2.05) is 4.90 Å². The highest BCUT2D eigenvalue weighted by Crippen LogP contribution is 2.19. The maximum absolute atomic E-state index is 11.9. The third-order valence-corrected chi connectivity index (χ3v) is 3.91. The van der Waals surface area contributed by atoms with Gasteiger partial charge in [-0.05, 0) is 19.8 Å². The zero-order valence-electron chi connectivity index (χ0n) is 13.2. The van der Waals surface area contributed by atoms with Gasteiger partial charge in [-0.25, -0.2) is 14.8 Å². The summed E-state index contributed by atoms with van der Waals surface area (Å²) in [5.74, 6) is 0.551. The maximum Gasteiger partial charge on any atom is 0.409 e. The summed E-state index contributed by atoms with van der Waals surface area (Å²) in [5, 5.41) is 2.89. The van der Waals surface area contributed by atoms with E-state index in [0.29, 0.717) is 44.5 Å². The Hall–Kier alpha value is -2.38. The van der Waals surface area contributed by atoms with Crippen LogP contribution in [0.2, 0.25) is 0 Å². The predicted octanol–water partition coefficient (Wildman–Crippen LogP) is 0.647. The van der Waals surface area contributed by atoms with Crippen molar-refractivity contribution < 1.29 is 14.3 Å². The first-order valence-electron chi connectivity index (χ1n) is 7.97. The molecule has 8 heteroatoms. The van der Waals surface area contributed by atoms with Gasteiger partial charge in [0.25, 0.3) is 5.91 Å². The number of ether oxygens (including phenoxy) is 1. The number of nitrogens with one attached hydrogen (secondary N) is 1. The van der Waals surface area contributed by atoms with Gasteiger partial charge in [0.2, 0.25) is 0 Å². The first-order chi connectivity index (χ1) is 11.2. The smallest absolute Gasteiger partial charge is 0.409 e. The number of carbonyl (C=O) groups is 2. The van der Waals surface area contributed by atoms with Gasteiger partial charge in [-0.3, -0.25) is 4.79 Å². The predicted molar refractivity (Wildman–Crippen MR) is 83.3 cm³/mol. The van der Waals surface area contributed by atoms with Gasteiger partial charge < -0.3 is 19.9 Å². The Kier molecular flexibility index (Phi) is 4.59. The monoisotopic (exact) mass is 319 g/mol. The van der Waals surface area contributed by atoms with E-state index < -0.39 is 0 Å². The first kappa shape index (κ1) is 15.5. The zero-order valence-corrected chi connectivity index (χ0v) is 13.2. The molecule has 0 aromatic carbocycles. The molecule has 2 aliphatic rings.